The Bertz CT molecular complexity index is 219. The molecule has 3 nitrogen and oxygen atoms in total. The number of ether oxygens (including phenoxy) is 1. The van der Waals surface area contributed by atoms with Crippen molar-refractivity contribution in [3.8, 4) is 0 Å². The van der Waals surface area contributed by atoms with Gasteiger partial charge in [-0.05, 0) is 31.6 Å². The number of piperazine rings is 1. The molecule has 0 spiro atoms. The van der Waals surface area contributed by atoms with E-state index < -0.39 is 0 Å². The Balaban J connectivity index is 0.00000144. The molecule has 0 amide bonds. The third kappa shape index (κ3) is 4.09. The number of hydrogen-bond acceptors (Lipinski definition) is 3. The summed E-state index contributed by atoms with van der Waals surface area (Å²) in [6, 6.07) is 0.655. The molecule has 102 valence electrons. The topological polar surface area (TPSA) is 24.5 Å². The summed E-state index contributed by atoms with van der Waals surface area (Å²) in [6.45, 7) is 11.4. The van der Waals surface area contributed by atoms with E-state index in [1.165, 1.54) is 38.9 Å². The van der Waals surface area contributed by atoms with Crippen LogP contribution in [-0.4, -0.2) is 50.3 Å². The van der Waals surface area contributed by atoms with Crippen molar-refractivity contribution in [2.75, 3.05) is 39.4 Å². The van der Waals surface area contributed by atoms with Gasteiger partial charge in [-0.25, -0.2) is 0 Å². The second-order valence-electron chi connectivity index (χ2n) is 5.56. The summed E-state index contributed by atoms with van der Waals surface area (Å²) in [4.78, 5) is 2.65. The van der Waals surface area contributed by atoms with Crippen LogP contribution in [0.5, 0.6) is 0 Å². The zero-order chi connectivity index (χ0) is 11.4. The summed E-state index contributed by atoms with van der Waals surface area (Å²) < 4.78 is 5.51. The van der Waals surface area contributed by atoms with Gasteiger partial charge in [0.05, 0.1) is 0 Å². The van der Waals surface area contributed by atoms with E-state index in [1.54, 1.807) is 0 Å². The van der Waals surface area contributed by atoms with Gasteiger partial charge in [0.15, 0.2) is 0 Å². The SMILES string of the molecule is CCC1(CN2CCN[C@H](C)C2)CCOCC1.Cl. The zero-order valence-corrected chi connectivity index (χ0v) is 12.0. The summed E-state index contributed by atoms with van der Waals surface area (Å²) in [5.41, 5.74) is 0.537. The van der Waals surface area contributed by atoms with Crippen LogP contribution in [0.1, 0.15) is 33.1 Å². The molecule has 2 fully saturated rings. The molecule has 0 aromatic carbocycles. The molecule has 2 saturated heterocycles. The van der Waals surface area contributed by atoms with Gasteiger partial charge in [0.1, 0.15) is 0 Å². The summed E-state index contributed by atoms with van der Waals surface area (Å²) in [5, 5.41) is 3.51. The molecule has 17 heavy (non-hydrogen) atoms. The summed E-state index contributed by atoms with van der Waals surface area (Å²) in [7, 11) is 0. The Labute approximate surface area is 112 Å². The normalized spacial score (nSPS) is 29.6. The van der Waals surface area contributed by atoms with E-state index in [4.69, 9.17) is 4.74 Å². The van der Waals surface area contributed by atoms with Crippen molar-refractivity contribution in [2.45, 2.75) is 39.2 Å². The van der Waals surface area contributed by atoms with E-state index in [2.05, 4.69) is 24.1 Å². The highest BCUT2D eigenvalue weighted by molar-refractivity contribution is 5.85. The summed E-state index contributed by atoms with van der Waals surface area (Å²) in [6.07, 6.45) is 3.80. The summed E-state index contributed by atoms with van der Waals surface area (Å²) in [5.74, 6) is 0. The van der Waals surface area contributed by atoms with E-state index >= 15 is 0 Å². The molecule has 0 bridgehead atoms. The third-order valence-electron chi connectivity index (χ3n) is 4.32. The Kier molecular flexibility index (Phi) is 6.21. The van der Waals surface area contributed by atoms with E-state index in [0.717, 1.165) is 19.8 Å². The standard InChI is InChI=1S/C13H26N2O.ClH/c1-3-13(4-8-16-9-5-13)11-15-7-6-14-12(2)10-15;/h12,14H,3-11H2,1-2H3;1H/t12-;/m1./s1. The van der Waals surface area contributed by atoms with Gasteiger partial charge in [-0.15, -0.1) is 12.4 Å². The number of hydrogen-bond donors (Lipinski definition) is 1. The van der Waals surface area contributed by atoms with Crippen LogP contribution in [0.25, 0.3) is 0 Å². The monoisotopic (exact) mass is 262 g/mol. The van der Waals surface area contributed by atoms with Gasteiger partial charge in [0, 0.05) is 45.4 Å². The molecule has 0 radical (unpaired) electrons. The first-order valence-corrected chi connectivity index (χ1v) is 6.78. The van der Waals surface area contributed by atoms with Crippen molar-refractivity contribution >= 4 is 12.4 Å². The van der Waals surface area contributed by atoms with E-state index in [9.17, 15) is 0 Å². The highest BCUT2D eigenvalue weighted by Crippen LogP contribution is 2.35. The van der Waals surface area contributed by atoms with E-state index in [-0.39, 0.29) is 12.4 Å². The predicted molar refractivity (Wildman–Crippen MR) is 73.9 cm³/mol. The highest BCUT2D eigenvalue weighted by Gasteiger charge is 2.33. The fraction of sp³-hybridized carbons (Fsp3) is 1.00. The molecule has 4 heteroatoms. The molecule has 0 aromatic heterocycles. The molecule has 0 aromatic rings. The van der Waals surface area contributed by atoms with Crippen molar-refractivity contribution in [3.63, 3.8) is 0 Å². The average Bonchev–Trinajstić information content (AvgIpc) is 2.30. The van der Waals surface area contributed by atoms with Crippen LogP contribution in [0.4, 0.5) is 0 Å². The van der Waals surface area contributed by atoms with Crippen LogP contribution < -0.4 is 5.32 Å². The van der Waals surface area contributed by atoms with Gasteiger partial charge in [-0.2, -0.15) is 0 Å². The lowest BCUT2D eigenvalue weighted by Crippen LogP contribution is -2.52. The van der Waals surface area contributed by atoms with Crippen LogP contribution in [0, 0.1) is 5.41 Å². The molecule has 0 saturated carbocycles. The van der Waals surface area contributed by atoms with Crippen LogP contribution in [0.2, 0.25) is 0 Å². The van der Waals surface area contributed by atoms with Crippen LogP contribution in [0.15, 0.2) is 0 Å². The quantitative estimate of drug-likeness (QED) is 0.841. The lowest BCUT2D eigenvalue weighted by atomic mass is 9.77. The lowest BCUT2D eigenvalue weighted by Gasteiger charge is -2.43. The van der Waals surface area contributed by atoms with Gasteiger partial charge in [-0.1, -0.05) is 6.92 Å². The maximum atomic E-state index is 5.51. The average molecular weight is 263 g/mol. The molecule has 1 N–H and O–H groups in total. The molecule has 2 rings (SSSR count). The van der Waals surface area contributed by atoms with Gasteiger partial charge >= 0.3 is 0 Å². The predicted octanol–water partition coefficient (Wildman–Crippen LogP) is 1.91. The maximum Gasteiger partial charge on any atom is 0.0471 e. The van der Waals surface area contributed by atoms with Crippen molar-refractivity contribution in [3.05, 3.63) is 0 Å². The fourth-order valence-corrected chi connectivity index (χ4v) is 3.06. The van der Waals surface area contributed by atoms with Crippen molar-refractivity contribution < 1.29 is 4.74 Å². The highest BCUT2D eigenvalue weighted by atomic mass is 35.5. The number of nitrogens with one attached hydrogen (secondary N) is 1. The molecule has 2 aliphatic rings. The third-order valence-corrected chi connectivity index (χ3v) is 4.32. The van der Waals surface area contributed by atoms with Gasteiger partial charge in [0.25, 0.3) is 0 Å². The Morgan fingerprint density at radius 3 is 2.65 bits per heavy atom. The minimum atomic E-state index is 0. The van der Waals surface area contributed by atoms with Gasteiger partial charge in [0.2, 0.25) is 0 Å². The fourth-order valence-electron chi connectivity index (χ4n) is 3.06. The Morgan fingerprint density at radius 2 is 2.06 bits per heavy atom. The zero-order valence-electron chi connectivity index (χ0n) is 11.2. The molecule has 1 atom stereocenters. The van der Waals surface area contributed by atoms with Crippen molar-refractivity contribution in [1.29, 1.82) is 0 Å². The minimum Gasteiger partial charge on any atom is -0.381 e. The van der Waals surface area contributed by atoms with Crippen LogP contribution in [-0.2, 0) is 4.74 Å². The van der Waals surface area contributed by atoms with Crippen LogP contribution >= 0.6 is 12.4 Å². The minimum absolute atomic E-state index is 0. The first-order valence-electron chi connectivity index (χ1n) is 6.78. The first-order chi connectivity index (χ1) is 7.74. The molecular weight excluding hydrogens is 236 g/mol. The second kappa shape index (κ2) is 6.93. The smallest absolute Gasteiger partial charge is 0.0471 e. The van der Waals surface area contributed by atoms with E-state index in [1.807, 2.05) is 0 Å². The molecule has 0 unspecified atom stereocenters. The maximum absolute atomic E-state index is 5.51. The molecule has 2 aliphatic heterocycles. The number of rotatable bonds is 3. The summed E-state index contributed by atoms with van der Waals surface area (Å²) >= 11 is 0. The number of nitrogens with zero attached hydrogens (tertiary/aromatic N) is 1. The molecule has 0 aliphatic carbocycles. The molecular formula is C13H27ClN2O. The first kappa shape index (κ1) is 15.2. The van der Waals surface area contributed by atoms with Crippen molar-refractivity contribution in [2.24, 2.45) is 5.41 Å². The lowest BCUT2D eigenvalue weighted by molar-refractivity contribution is -0.0107. The van der Waals surface area contributed by atoms with Crippen LogP contribution in [0.3, 0.4) is 0 Å². The van der Waals surface area contributed by atoms with Gasteiger partial charge < -0.3 is 10.1 Å². The van der Waals surface area contributed by atoms with E-state index in [0.29, 0.717) is 11.5 Å². The largest absolute Gasteiger partial charge is 0.381 e. The second-order valence-corrected chi connectivity index (χ2v) is 5.56. The van der Waals surface area contributed by atoms with Gasteiger partial charge in [-0.3, -0.25) is 4.90 Å². The number of halogens is 1. The Hall–Kier alpha value is 0.170. The van der Waals surface area contributed by atoms with Crippen molar-refractivity contribution in [1.82, 2.24) is 10.2 Å². The Morgan fingerprint density at radius 1 is 1.35 bits per heavy atom. The molecule has 2 heterocycles.